The minimum atomic E-state index is -3.40. The molecule has 0 saturated heterocycles. The summed E-state index contributed by atoms with van der Waals surface area (Å²) in [5.74, 6) is 0. The Labute approximate surface area is 275 Å². The maximum atomic E-state index is 7.20. The molecule has 0 heterocycles. The van der Waals surface area contributed by atoms with Gasteiger partial charge >= 0.3 is 26.4 Å². The van der Waals surface area contributed by atoms with Crippen molar-refractivity contribution in [3.05, 3.63) is 0 Å². The summed E-state index contributed by atoms with van der Waals surface area (Å²) in [4.78, 5) is 0. The van der Waals surface area contributed by atoms with Gasteiger partial charge in [-0.2, -0.15) is 0 Å². The first-order valence-corrected chi connectivity index (χ1v) is 23.9. The van der Waals surface area contributed by atoms with Crippen LogP contribution in [0, 0.1) is 0 Å². The molecule has 0 amide bonds. The van der Waals surface area contributed by atoms with Crippen LogP contribution in [0.5, 0.6) is 0 Å². The van der Waals surface area contributed by atoms with Crippen molar-refractivity contribution in [2.24, 2.45) is 0 Å². The molecular formula is C31H73N3O7Si3. The van der Waals surface area contributed by atoms with Gasteiger partial charge in [-0.3, -0.25) is 0 Å². The van der Waals surface area contributed by atoms with Crippen LogP contribution in [0.1, 0.15) is 113 Å². The maximum Gasteiger partial charge on any atom is 0.493 e. The van der Waals surface area contributed by atoms with E-state index in [-0.39, 0.29) is 0 Å². The number of hydrogen-bond donors (Lipinski definition) is 3. The zero-order valence-electron chi connectivity index (χ0n) is 30.1. The Hall–Kier alpha value is 0.251. The van der Waals surface area contributed by atoms with E-state index in [0.717, 1.165) is 65.0 Å². The van der Waals surface area contributed by atoms with E-state index in [0.29, 0.717) is 51.2 Å². The molecule has 0 fully saturated rings. The number of nitrogens with one attached hydrogen (secondary N) is 3. The summed E-state index contributed by atoms with van der Waals surface area (Å²) in [5, 5.41) is 10.7. The van der Waals surface area contributed by atoms with E-state index in [1.807, 2.05) is 34.6 Å². The van der Waals surface area contributed by atoms with Gasteiger partial charge in [-0.25, -0.2) is 0 Å². The topological polar surface area (TPSA) is 101 Å². The summed E-state index contributed by atoms with van der Waals surface area (Å²) < 4.78 is 47.0. The largest absolute Gasteiger partial charge is 0.493 e. The summed E-state index contributed by atoms with van der Waals surface area (Å²) in [6.45, 7) is 24.9. The Morgan fingerprint density at radius 1 is 0.341 bits per heavy atom. The van der Waals surface area contributed by atoms with Gasteiger partial charge in [0.05, 0.1) is 0 Å². The lowest BCUT2D eigenvalue weighted by Gasteiger charge is -2.42. The minimum Gasteiger partial charge on any atom is -0.375 e. The van der Waals surface area contributed by atoms with Gasteiger partial charge in [-0.15, -0.1) is 0 Å². The second kappa shape index (κ2) is 29.4. The van der Waals surface area contributed by atoms with E-state index in [1.54, 1.807) is 0 Å². The van der Waals surface area contributed by atoms with E-state index in [4.69, 9.17) is 30.4 Å². The Balaban J connectivity index is 6.32. The van der Waals surface area contributed by atoms with Gasteiger partial charge in [0.1, 0.15) is 0 Å². The van der Waals surface area contributed by atoms with Gasteiger partial charge in [-0.05, 0) is 112 Å². The standard InChI is InChI=1S/C31H73N3O7Si3/c1-9-17-23-32-26-20-29-42(35-12-4,36-13-5)40-44(39-16-8,31-22-28-34-25-19-11-3)41-43(37-14-6,38-15-7)30-21-27-33-24-18-10-2/h32-34H,9-31H2,1-8H3. The molecule has 0 aromatic heterocycles. The van der Waals surface area contributed by atoms with Crippen molar-refractivity contribution in [2.75, 3.05) is 72.3 Å². The lowest BCUT2D eigenvalue weighted by molar-refractivity contribution is 0.0392. The molecule has 0 spiro atoms. The summed E-state index contributed by atoms with van der Waals surface area (Å²) in [7, 11) is -9.74. The molecule has 0 unspecified atom stereocenters. The monoisotopic (exact) mass is 683 g/mol. The predicted molar refractivity (Wildman–Crippen MR) is 189 cm³/mol. The van der Waals surface area contributed by atoms with Crippen molar-refractivity contribution in [3.63, 3.8) is 0 Å². The average molecular weight is 684 g/mol. The van der Waals surface area contributed by atoms with Crippen LogP contribution in [0.3, 0.4) is 0 Å². The zero-order valence-corrected chi connectivity index (χ0v) is 33.1. The molecule has 0 rings (SSSR count). The third-order valence-electron chi connectivity index (χ3n) is 7.07. The molecule has 0 aromatic carbocycles. The lowest BCUT2D eigenvalue weighted by Crippen LogP contribution is -2.64. The smallest absolute Gasteiger partial charge is 0.375 e. The molecule has 0 aliphatic heterocycles. The van der Waals surface area contributed by atoms with Crippen LogP contribution in [0.15, 0.2) is 0 Å². The van der Waals surface area contributed by atoms with Gasteiger partial charge in [0.2, 0.25) is 0 Å². The molecule has 0 aromatic rings. The zero-order chi connectivity index (χ0) is 32.8. The summed E-state index contributed by atoms with van der Waals surface area (Å²) >= 11 is 0. The minimum absolute atomic E-state index is 0.470. The van der Waals surface area contributed by atoms with Gasteiger partial charge in [-0.1, -0.05) is 40.0 Å². The number of rotatable bonds is 35. The van der Waals surface area contributed by atoms with Crippen LogP contribution in [0.25, 0.3) is 0 Å². The Morgan fingerprint density at radius 3 is 0.864 bits per heavy atom. The second-order valence-corrected chi connectivity index (χ2v) is 19.7. The Bertz CT molecular complexity index is 580. The molecule has 44 heavy (non-hydrogen) atoms. The molecular weight excluding hydrogens is 611 g/mol. The quantitative estimate of drug-likeness (QED) is 0.0517. The van der Waals surface area contributed by atoms with E-state index in [2.05, 4.69) is 36.7 Å². The maximum absolute atomic E-state index is 7.20. The third-order valence-corrected chi connectivity index (χ3v) is 18.6. The Kier molecular flexibility index (Phi) is 29.6. The van der Waals surface area contributed by atoms with E-state index >= 15 is 0 Å². The van der Waals surface area contributed by atoms with Crippen molar-refractivity contribution >= 4 is 26.4 Å². The molecule has 13 heteroatoms. The van der Waals surface area contributed by atoms with Crippen molar-refractivity contribution < 1.29 is 30.4 Å². The molecule has 0 bridgehead atoms. The molecule has 3 N–H and O–H groups in total. The van der Waals surface area contributed by atoms with Crippen LogP contribution in [-0.4, -0.2) is 98.7 Å². The fourth-order valence-corrected chi connectivity index (χ4v) is 17.3. The second-order valence-electron chi connectivity index (χ2n) is 11.0. The highest BCUT2D eigenvalue weighted by molar-refractivity contribution is 6.81. The van der Waals surface area contributed by atoms with E-state index in [9.17, 15) is 0 Å². The van der Waals surface area contributed by atoms with Gasteiger partial charge in [0.15, 0.2) is 0 Å². The van der Waals surface area contributed by atoms with Crippen LogP contribution >= 0.6 is 0 Å². The molecule has 266 valence electrons. The summed E-state index contributed by atoms with van der Waals surface area (Å²) in [6.07, 6.45) is 9.69. The van der Waals surface area contributed by atoms with Crippen molar-refractivity contribution in [3.8, 4) is 0 Å². The summed E-state index contributed by atoms with van der Waals surface area (Å²) in [6, 6.07) is 2.05. The van der Waals surface area contributed by atoms with Crippen LogP contribution in [0.2, 0.25) is 18.1 Å². The normalized spacial score (nSPS) is 12.8. The van der Waals surface area contributed by atoms with Gasteiger partial charge < -0.3 is 46.3 Å². The highest BCUT2D eigenvalue weighted by Gasteiger charge is 2.58. The molecule has 0 aliphatic carbocycles. The predicted octanol–water partition coefficient (Wildman–Crippen LogP) is 6.36. The fraction of sp³-hybridized carbons (Fsp3) is 1.00. The van der Waals surface area contributed by atoms with Crippen LogP contribution < -0.4 is 16.0 Å². The first-order valence-electron chi connectivity index (χ1n) is 18.1. The fourth-order valence-electron chi connectivity index (χ4n) is 4.99. The van der Waals surface area contributed by atoms with Crippen LogP contribution in [0.4, 0.5) is 0 Å². The molecule has 0 atom stereocenters. The average Bonchev–Trinajstić information content (AvgIpc) is 2.99. The highest BCUT2D eigenvalue weighted by Crippen LogP contribution is 2.33. The third kappa shape index (κ3) is 20.5. The van der Waals surface area contributed by atoms with Crippen molar-refractivity contribution in [2.45, 2.75) is 131 Å². The van der Waals surface area contributed by atoms with Gasteiger partial charge in [0, 0.05) is 51.2 Å². The van der Waals surface area contributed by atoms with Crippen molar-refractivity contribution in [1.82, 2.24) is 16.0 Å². The van der Waals surface area contributed by atoms with E-state index in [1.165, 1.54) is 32.1 Å². The van der Waals surface area contributed by atoms with Gasteiger partial charge in [0.25, 0.3) is 0 Å². The lowest BCUT2D eigenvalue weighted by atomic mass is 10.3. The van der Waals surface area contributed by atoms with Crippen molar-refractivity contribution in [1.29, 1.82) is 0 Å². The molecule has 0 radical (unpaired) electrons. The first kappa shape index (κ1) is 44.3. The molecule has 0 saturated carbocycles. The Morgan fingerprint density at radius 2 is 0.591 bits per heavy atom. The number of unbranched alkanes of at least 4 members (excludes halogenated alkanes) is 3. The van der Waals surface area contributed by atoms with E-state index < -0.39 is 26.4 Å². The first-order chi connectivity index (χ1) is 21.4. The summed E-state index contributed by atoms with van der Waals surface area (Å²) in [5.41, 5.74) is 0. The molecule has 10 nitrogen and oxygen atoms in total. The number of hydrogen-bond acceptors (Lipinski definition) is 10. The highest BCUT2D eigenvalue weighted by atomic mass is 28.5. The van der Waals surface area contributed by atoms with Crippen LogP contribution in [-0.2, 0) is 30.4 Å². The molecule has 0 aliphatic rings. The SMILES string of the molecule is CCCCNCCC[Si](OCC)(OCC)O[Si](CCCNCCCC)(OCC)O[Si](CCCNCCCC)(OCC)OCC.